The number of carboxylic acids is 1. The number of amides is 2. The molecule has 2 bridgehead atoms. The lowest BCUT2D eigenvalue weighted by Gasteiger charge is -2.37. The zero-order valence-corrected chi connectivity index (χ0v) is 22.7. The number of nitrogens with zero attached hydrogens (tertiary/aromatic N) is 3. The molecule has 0 aromatic heterocycles. The van der Waals surface area contributed by atoms with Crippen LogP contribution >= 0.6 is 11.8 Å². The highest BCUT2D eigenvalue weighted by Gasteiger charge is 2.74. The van der Waals surface area contributed by atoms with Crippen molar-refractivity contribution in [2.24, 2.45) is 11.8 Å². The number of carbonyl (C=O) groups is 3. The van der Waals surface area contributed by atoms with Crippen LogP contribution in [0.25, 0.3) is 0 Å². The third-order valence-corrected chi connectivity index (χ3v) is 10.2. The molecule has 2 N–H and O–H groups in total. The molecule has 4 rings (SSSR count). The van der Waals surface area contributed by atoms with Gasteiger partial charge in [-0.3, -0.25) is 14.4 Å². The van der Waals surface area contributed by atoms with E-state index in [1.54, 1.807) is 27.6 Å². The number of aliphatic carboxylic acids is 1. The van der Waals surface area contributed by atoms with E-state index in [1.807, 2.05) is 24.3 Å². The number of anilines is 2. The van der Waals surface area contributed by atoms with Crippen molar-refractivity contribution in [3.63, 3.8) is 0 Å². The van der Waals surface area contributed by atoms with E-state index < -0.39 is 28.6 Å². The van der Waals surface area contributed by atoms with Crippen LogP contribution in [0.15, 0.2) is 36.9 Å². The van der Waals surface area contributed by atoms with Gasteiger partial charge in [-0.1, -0.05) is 6.08 Å². The van der Waals surface area contributed by atoms with Crippen molar-refractivity contribution in [1.29, 1.82) is 0 Å². The molecule has 3 aliphatic heterocycles. The van der Waals surface area contributed by atoms with E-state index >= 15 is 0 Å². The molecule has 0 aliphatic carbocycles. The monoisotopic (exact) mass is 529 g/mol. The van der Waals surface area contributed by atoms with Gasteiger partial charge >= 0.3 is 5.97 Å². The van der Waals surface area contributed by atoms with Gasteiger partial charge in [-0.15, -0.1) is 18.3 Å². The summed E-state index contributed by atoms with van der Waals surface area (Å²) in [4.78, 5) is 46.0. The average Bonchev–Trinajstić information content (AvgIpc) is 3.53. The van der Waals surface area contributed by atoms with Crippen LogP contribution in [-0.4, -0.2) is 81.7 Å². The molecule has 2 unspecified atom stereocenters. The molecule has 0 radical (unpaired) electrons. The first-order valence-electron chi connectivity index (χ1n) is 13.4. The van der Waals surface area contributed by atoms with Gasteiger partial charge in [-0.05, 0) is 70.2 Å². The fraction of sp³-hybridized carbons (Fsp3) is 0.607. The summed E-state index contributed by atoms with van der Waals surface area (Å²) in [6, 6.07) is 7.17. The summed E-state index contributed by atoms with van der Waals surface area (Å²) in [6.45, 7) is 10.6. The summed E-state index contributed by atoms with van der Waals surface area (Å²) in [7, 11) is 0. The van der Waals surface area contributed by atoms with Crippen molar-refractivity contribution >= 4 is 40.9 Å². The topological polar surface area (TPSA) is 101 Å². The van der Waals surface area contributed by atoms with Crippen molar-refractivity contribution in [2.45, 2.75) is 62.0 Å². The van der Waals surface area contributed by atoms with Gasteiger partial charge < -0.3 is 24.9 Å². The molecule has 202 valence electrons. The number of fused-ring (bicyclic) bond motifs is 1. The van der Waals surface area contributed by atoms with Gasteiger partial charge in [0.1, 0.15) is 6.04 Å². The summed E-state index contributed by atoms with van der Waals surface area (Å²) in [6.07, 6.45) is 5.08. The third-order valence-electron chi connectivity index (χ3n) is 8.24. The van der Waals surface area contributed by atoms with Crippen LogP contribution in [0.5, 0.6) is 0 Å². The molecule has 5 atom stereocenters. The molecule has 1 spiro atoms. The summed E-state index contributed by atoms with van der Waals surface area (Å²) in [5.74, 6) is -2.77. The lowest BCUT2D eigenvalue weighted by Crippen LogP contribution is -2.55. The van der Waals surface area contributed by atoms with E-state index in [1.165, 1.54) is 0 Å². The van der Waals surface area contributed by atoms with Gasteiger partial charge in [-0.25, -0.2) is 0 Å². The maximum Gasteiger partial charge on any atom is 0.308 e. The fourth-order valence-electron chi connectivity index (χ4n) is 6.56. The Morgan fingerprint density at radius 2 is 1.84 bits per heavy atom. The second kappa shape index (κ2) is 11.5. The van der Waals surface area contributed by atoms with Gasteiger partial charge in [0.25, 0.3) is 5.91 Å². The van der Waals surface area contributed by atoms with Crippen LogP contribution in [0.4, 0.5) is 11.4 Å². The van der Waals surface area contributed by atoms with Crippen LogP contribution in [0.3, 0.4) is 0 Å². The average molecular weight is 530 g/mol. The first kappa shape index (κ1) is 27.5. The molecular weight excluding hydrogens is 490 g/mol. The zero-order valence-electron chi connectivity index (χ0n) is 21.8. The van der Waals surface area contributed by atoms with Crippen molar-refractivity contribution in [2.75, 3.05) is 42.6 Å². The number of carboxylic acid groups (broad SMARTS) is 1. The number of hydrogen-bond acceptors (Lipinski definition) is 6. The number of carbonyl (C=O) groups excluding carboxylic acids is 2. The predicted molar refractivity (Wildman–Crippen MR) is 147 cm³/mol. The van der Waals surface area contributed by atoms with E-state index in [0.717, 1.165) is 30.9 Å². The normalized spacial score (nSPS) is 27.9. The molecule has 0 saturated carbocycles. The van der Waals surface area contributed by atoms with Crippen LogP contribution < -0.4 is 9.80 Å². The van der Waals surface area contributed by atoms with E-state index in [4.69, 9.17) is 0 Å². The Balaban J connectivity index is 1.69. The highest BCUT2D eigenvalue weighted by molar-refractivity contribution is 8.02. The third kappa shape index (κ3) is 4.76. The lowest BCUT2D eigenvalue weighted by atomic mass is 9.71. The minimum absolute atomic E-state index is 0.0814. The Kier molecular flexibility index (Phi) is 8.53. The summed E-state index contributed by atoms with van der Waals surface area (Å²) >= 11 is 1.55. The number of aliphatic hydroxyl groups excluding tert-OH is 1. The van der Waals surface area contributed by atoms with E-state index in [9.17, 15) is 24.6 Å². The molecule has 3 saturated heterocycles. The molecule has 3 fully saturated rings. The Labute approximate surface area is 223 Å². The number of thioether (sulfide) groups is 1. The maximum absolute atomic E-state index is 14.4. The Morgan fingerprint density at radius 1 is 1.16 bits per heavy atom. The number of benzene rings is 1. The van der Waals surface area contributed by atoms with Crippen molar-refractivity contribution in [3.05, 3.63) is 36.9 Å². The summed E-state index contributed by atoms with van der Waals surface area (Å²) in [5, 5.41) is 19.1. The van der Waals surface area contributed by atoms with Crippen molar-refractivity contribution < 1.29 is 24.6 Å². The van der Waals surface area contributed by atoms with E-state index in [-0.39, 0.29) is 23.7 Å². The van der Waals surface area contributed by atoms with Gasteiger partial charge in [0, 0.05) is 49.4 Å². The Morgan fingerprint density at radius 3 is 2.43 bits per heavy atom. The van der Waals surface area contributed by atoms with Crippen LogP contribution in [0, 0.1) is 11.8 Å². The predicted octanol–water partition coefficient (Wildman–Crippen LogP) is 3.39. The standard InChI is InChI=1S/C28H39N3O5S/c1-4-16-30(20-12-10-19(11-13-20)29(5-2)6-3)26(34)24-28-15-14-21(37-28)22(27(35)36)23(28)25(33)31(24)17-8-7-9-18-32/h4,10-13,21-24,32H,1,5-9,14-18H2,2-3H3,(H,35,36)/t21-,22+,23+,24?,28?/m1/s1. The molecular formula is C28H39N3O5S. The van der Waals surface area contributed by atoms with Crippen LogP contribution in [0.1, 0.15) is 46.0 Å². The molecule has 2 amide bonds. The van der Waals surface area contributed by atoms with Crippen molar-refractivity contribution in [1.82, 2.24) is 4.90 Å². The molecule has 1 aromatic rings. The van der Waals surface area contributed by atoms with E-state index in [0.29, 0.717) is 38.8 Å². The van der Waals surface area contributed by atoms with Gasteiger partial charge in [0.2, 0.25) is 5.91 Å². The molecule has 37 heavy (non-hydrogen) atoms. The SMILES string of the molecule is C=CCN(C(=O)C1N(CCCCCO)C(=O)[C@@H]2[C@@H](C(=O)O)[C@H]3CCC12S3)c1ccc(N(CC)CC)cc1. The maximum atomic E-state index is 14.4. The molecule has 1 aromatic carbocycles. The second-order valence-electron chi connectivity index (χ2n) is 10.1. The van der Waals surface area contributed by atoms with Gasteiger partial charge in [0.05, 0.1) is 16.6 Å². The minimum Gasteiger partial charge on any atom is -0.481 e. The highest BCUT2D eigenvalue weighted by atomic mass is 32.2. The minimum atomic E-state index is -0.944. The molecule has 8 nitrogen and oxygen atoms in total. The van der Waals surface area contributed by atoms with Crippen LogP contribution in [0.2, 0.25) is 0 Å². The largest absolute Gasteiger partial charge is 0.481 e. The second-order valence-corrected chi connectivity index (χ2v) is 11.7. The molecule has 3 aliphatic rings. The number of likely N-dealkylation sites (tertiary alicyclic amines) is 1. The summed E-state index contributed by atoms with van der Waals surface area (Å²) in [5.41, 5.74) is 1.81. The van der Waals surface area contributed by atoms with Crippen molar-refractivity contribution in [3.8, 4) is 0 Å². The quantitative estimate of drug-likeness (QED) is 0.298. The fourth-order valence-corrected chi connectivity index (χ4v) is 8.76. The number of hydrogen-bond donors (Lipinski definition) is 2. The molecule has 9 heteroatoms. The molecule has 3 heterocycles. The number of unbranched alkanes of at least 4 members (excludes halogenated alkanes) is 2. The smallest absolute Gasteiger partial charge is 0.308 e. The Bertz CT molecular complexity index is 1010. The first-order valence-corrected chi connectivity index (χ1v) is 14.3. The first-order chi connectivity index (χ1) is 17.8. The summed E-state index contributed by atoms with van der Waals surface area (Å²) < 4.78 is -0.723. The lowest BCUT2D eigenvalue weighted by molar-refractivity contribution is -0.148. The highest BCUT2D eigenvalue weighted by Crippen LogP contribution is 2.66. The number of rotatable bonds is 13. The van der Waals surface area contributed by atoms with Gasteiger partial charge in [-0.2, -0.15) is 0 Å². The van der Waals surface area contributed by atoms with E-state index in [2.05, 4.69) is 25.3 Å². The van der Waals surface area contributed by atoms with Gasteiger partial charge in [0.15, 0.2) is 0 Å². The Hall–Kier alpha value is -2.52. The zero-order chi connectivity index (χ0) is 26.7. The number of aliphatic hydroxyl groups is 1. The van der Waals surface area contributed by atoms with Crippen LogP contribution in [-0.2, 0) is 14.4 Å².